The van der Waals surface area contributed by atoms with Crippen molar-refractivity contribution in [1.29, 1.82) is 0 Å². The number of benzene rings is 2. The fraction of sp³-hybridized carbons (Fsp3) is 0.192. The van der Waals surface area contributed by atoms with Gasteiger partial charge in [0.15, 0.2) is 5.75 Å². The molecule has 3 heterocycles. The number of rotatable bonds is 6. The molecule has 0 aliphatic carbocycles. The normalized spacial score (nSPS) is 15.3. The van der Waals surface area contributed by atoms with Crippen LogP contribution in [0.2, 0.25) is 0 Å². The zero-order valence-electron chi connectivity index (χ0n) is 19.3. The number of aliphatic carboxylic acids is 1. The molecule has 35 heavy (non-hydrogen) atoms. The van der Waals surface area contributed by atoms with E-state index in [4.69, 9.17) is 9.15 Å². The summed E-state index contributed by atoms with van der Waals surface area (Å²) < 4.78 is 16.4. The quantitative estimate of drug-likeness (QED) is 0.418. The number of hydrogen-bond acceptors (Lipinski definition) is 6. The van der Waals surface area contributed by atoms with Crippen LogP contribution >= 0.6 is 11.3 Å². The number of ether oxygens (including phenoxy) is 1. The number of carbonyl (C=O) groups is 1. The maximum Gasteiger partial charge on any atom is 0.377 e. The van der Waals surface area contributed by atoms with E-state index in [2.05, 4.69) is 0 Å². The summed E-state index contributed by atoms with van der Waals surface area (Å²) >= 11 is 1.32. The van der Waals surface area contributed by atoms with E-state index in [0.29, 0.717) is 38.6 Å². The highest BCUT2D eigenvalue weighted by molar-refractivity contribution is 7.07. The summed E-state index contributed by atoms with van der Waals surface area (Å²) in [6, 6.07) is 15.1. The Morgan fingerprint density at radius 2 is 1.86 bits per heavy atom. The molecule has 4 aromatic rings. The number of fused-ring (bicyclic) bond motifs is 2. The van der Waals surface area contributed by atoms with Crippen molar-refractivity contribution < 1.29 is 23.6 Å². The zero-order chi connectivity index (χ0) is 24.5. The topological polar surface area (TPSA) is 88.8 Å². The number of aromatic nitrogens is 2. The van der Waals surface area contributed by atoms with Crippen molar-refractivity contribution in [3.05, 3.63) is 85.9 Å². The van der Waals surface area contributed by atoms with Crippen molar-refractivity contribution in [2.75, 3.05) is 11.4 Å². The first-order valence-corrected chi connectivity index (χ1v) is 12.1. The van der Waals surface area contributed by atoms with E-state index in [0.717, 1.165) is 18.0 Å². The Bertz CT molecular complexity index is 1640. The second-order valence-electron chi connectivity index (χ2n) is 7.87. The molecule has 0 saturated heterocycles. The van der Waals surface area contributed by atoms with Gasteiger partial charge in [0.2, 0.25) is 18.0 Å². The van der Waals surface area contributed by atoms with Crippen LogP contribution in [-0.4, -0.2) is 22.2 Å². The number of nitrogens with zero attached hydrogens (tertiary/aromatic N) is 3. The van der Waals surface area contributed by atoms with Crippen LogP contribution in [0, 0.1) is 0 Å². The average molecular weight is 491 g/mol. The lowest BCUT2D eigenvalue weighted by atomic mass is 10.3. The molecule has 1 aliphatic heterocycles. The van der Waals surface area contributed by atoms with Gasteiger partial charge in [-0.05, 0) is 38.1 Å². The first kappa shape index (κ1) is 22.7. The van der Waals surface area contributed by atoms with E-state index in [9.17, 15) is 14.7 Å². The fourth-order valence-corrected chi connectivity index (χ4v) is 5.21. The fourth-order valence-electron chi connectivity index (χ4n) is 4.17. The number of carboxylic acid groups (broad SMARTS) is 1. The van der Waals surface area contributed by atoms with E-state index in [1.54, 1.807) is 27.4 Å². The summed E-state index contributed by atoms with van der Waals surface area (Å²) in [5.74, 6) is 0.836. The highest BCUT2D eigenvalue weighted by Crippen LogP contribution is 2.38. The van der Waals surface area contributed by atoms with E-state index >= 15 is 0 Å². The van der Waals surface area contributed by atoms with Gasteiger partial charge in [0.1, 0.15) is 4.66 Å². The van der Waals surface area contributed by atoms with Gasteiger partial charge in [-0.2, -0.15) is 0 Å². The van der Waals surface area contributed by atoms with Gasteiger partial charge in [-0.15, -0.1) is 15.9 Å². The molecule has 178 valence electrons. The number of oxazole rings is 1. The molecule has 0 fully saturated rings. The van der Waals surface area contributed by atoms with Gasteiger partial charge in [0.25, 0.3) is 11.1 Å². The summed E-state index contributed by atoms with van der Waals surface area (Å²) in [6.45, 7) is 4.89. The first-order chi connectivity index (χ1) is 17.0. The van der Waals surface area contributed by atoms with Crippen LogP contribution < -0.4 is 29.0 Å². The summed E-state index contributed by atoms with van der Waals surface area (Å²) in [5.41, 5.74) is 2.13. The highest BCUT2D eigenvalue weighted by Gasteiger charge is 2.25. The molecule has 0 atom stereocenters. The number of anilines is 1. The van der Waals surface area contributed by atoms with Crippen molar-refractivity contribution in [2.24, 2.45) is 0 Å². The van der Waals surface area contributed by atoms with Crippen molar-refractivity contribution in [2.45, 2.75) is 26.9 Å². The molecule has 0 unspecified atom stereocenters. The number of allylic oxidation sites excluding steroid dienone is 1. The molecular formula is C26H24N3O5S+. The molecular weight excluding hydrogens is 466 g/mol. The molecule has 2 aromatic heterocycles. The third-order valence-corrected chi connectivity index (χ3v) is 6.84. The lowest BCUT2D eigenvalue weighted by Crippen LogP contribution is -2.40. The second kappa shape index (κ2) is 9.27. The van der Waals surface area contributed by atoms with Crippen LogP contribution in [0.5, 0.6) is 5.75 Å². The Morgan fingerprint density at radius 1 is 1.09 bits per heavy atom. The molecule has 8 nitrogen and oxygen atoms in total. The van der Waals surface area contributed by atoms with E-state index < -0.39 is 5.97 Å². The summed E-state index contributed by atoms with van der Waals surface area (Å²) in [4.78, 5) is 26.7. The molecule has 0 amide bonds. The Balaban J connectivity index is 1.61. The SMILES string of the molecule is CCN1/C(=C/C=c2/s/c(=C/c3oc4ccccc4[n+]3CC(=O)O)n(CC)c2=O)Oc2ccccc21. The van der Waals surface area contributed by atoms with Crippen molar-refractivity contribution in [1.82, 2.24) is 4.57 Å². The lowest BCUT2D eigenvalue weighted by molar-refractivity contribution is -0.666. The van der Waals surface area contributed by atoms with Gasteiger partial charge in [0, 0.05) is 25.2 Å². The highest BCUT2D eigenvalue weighted by atomic mass is 32.1. The van der Waals surface area contributed by atoms with Gasteiger partial charge < -0.3 is 19.2 Å². The zero-order valence-corrected chi connectivity index (χ0v) is 20.1. The minimum Gasteiger partial charge on any atom is -0.477 e. The Morgan fingerprint density at radius 3 is 2.63 bits per heavy atom. The number of thiazole rings is 1. The third kappa shape index (κ3) is 4.15. The van der Waals surface area contributed by atoms with Crippen molar-refractivity contribution in [3.8, 4) is 5.75 Å². The summed E-state index contributed by atoms with van der Waals surface area (Å²) in [7, 11) is 0. The third-order valence-electron chi connectivity index (χ3n) is 5.76. The van der Waals surface area contributed by atoms with Crippen LogP contribution in [0.4, 0.5) is 5.69 Å². The minimum absolute atomic E-state index is 0.125. The number of hydrogen-bond donors (Lipinski definition) is 1. The molecule has 0 spiro atoms. The van der Waals surface area contributed by atoms with Crippen molar-refractivity contribution in [3.63, 3.8) is 0 Å². The molecule has 9 heteroatoms. The van der Waals surface area contributed by atoms with Crippen LogP contribution in [0.15, 0.2) is 69.7 Å². The maximum absolute atomic E-state index is 13.1. The molecule has 0 bridgehead atoms. The first-order valence-electron chi connectivity index (χ1n) is 11.3. The molecule has 0 saturated carbocycles. The molecule has 5 rings (SSSR count). The average Bonchev–Trinajstić information content (AvgIpc) is 3.48. The molecule has 1 N–H and O–H groups in total. The number of carboxylic acids is 1. The smallest absolute Gasteiger partial charge is 0.377 e. The van der Waals surface area contributed by atoms with E-state index in [1.165, 1.54) is 11.3 Å². The number of para-hydroxylation sites is 4. The second-order valence-corrected chi connectivity index (χ2v) is 8.93. The van der Waals surface area contributed by atoms with E-state index in [1.807, 2.05) is 67.3 Å². The predicted molar refractivity (Wildman–Crippen MR) is 134 cm³/mol. The largest absolute Gasteiger partial charge is 0.477 e. The van der Waals surface area contributed by atoms with Gasteiger partial charge in [-0.3, -0.25) is 9.36 Å². The Labute approximate surface area is 204 Å². The monoisotopic (exact) mass is 490 g/mol. The Hall–Kier alpha value is -4.11. The van der Waals surface area contributed by atoms with Gasteiger partial charge in [-0.25, -0.2) is 4.79 Å². The lowest BCUT2D eigenvalue weighted by Gasteiger charge is -2.14. The standard InChI is InChI=1S/C26H23N3O5S/c1-3-27-17-9-5-7-11-19(17)33-22(27)14-13-21-26(32)28(4-2)24(35-21)15-23-29(16-25(30)31)18-10-6-8-12-20(18)34-23/h5-15H,3-4,16H2,1-2H3/p+1/b21-13+,22-14-. The van der Waals surface area contributed by atoms with Crippen LogP contribution in [0.1, 0.15) is 19.7 Å². The Kier molecular flexibility index (Phi) is 6.00. The van der Waals surface area contributed by atoms with E-state index in [-0.39, 0.29) is 12.1 Å². The van der Waals surface area contributed by atoms with Gasteiger partial charge >= 0.3 is 11.9 Å². The van der Waals surface area contributed by atoms with Gasteiger partial charge in [-0.1, -0.05) is 24.3 Å². The molecule has 1 aliphatic rings. The summed E-state index contributed by atoms with van der Waals surface area (Å²) in [6.07, 6.45) is 5.31. The van der Waals surface area contributed by atoms with Crippen LogP contribution in [0.25, 0.3) is 23.3 Å². The molecule has 2 aromatic carbocycles. The van der Waals surface area contributed by atoms with Gasteiger partial charge in [0.05, 0.1) is 16.3 Å². The van der Waals surface area contributed by atoms with Crippen LogP contribution in [0.3, 0.4) is 0 Å². The maximum atomic E-state index is 13.1. The summed E-state index contributed by atoms with van der Waals surface area (Å²) in [5, 5.41) is 9.41. The van der Waals surface area contributed by atoms with Crippen molar-refractivity contribution >= 4 is 46.2 Å². The molecule has 0 radical (unpaired) electrons. The predicted octanol–water partition coefficient (Wildman–Crippen LogP) is 2.42. The van der Waals surface area contributed by atoms with Crippen LogP contribution in [-0.2, 0) is 17.9 Å². The minimum atomic E-state index is -0.978.